The summed E-state index contributed by atoms with van der Waals surface area (Å²) < 4.78 is 0. The van der Waals surface area contributed by atoms with Crippen molar-refractivity contribution in [2.75, 3.05) is 0 Å². The second kappa shape index (κ2) is 4.94. The first-order valence-corrected chi connectivity index (χ1v) is 6.47. The lowest BCUT2D eigenvalue weighted by Gasteiger charge is -2.34. The molecule has 0 unspecified atom stereocenters. The van der Waals surface area contributed by atoms with Crippen LogP contribution in [0.4, 0.5) is 0 Å². The van der Waals surface area contributed by atoms with Crippen LogP contribution < -0.4 is 0 Å². The van der Waals surface area contributed by atoms with Crippen LogP contribution in [-0.4, -0.2) is 0 Å². The highest BCUT2D eigenvalue weighted by atomic mass is 14.3. The predicted octanol–water partition coefficient (Wildman–Crippen LogP) is 5.83. The number of hydrogen-bond acceptors (Lipinski definition) is 0. The second-order valence-corrected chi connectivity index (χ2v) is 8.57. The van der Waals surface area contributed by atoms with E-state index in [0.717, 1.165) is 12.8 Å². The Hall–Kier alpha value is -0.260. The minimum Gasteiger partial charge on any atom is -0.0998 e. The summed E-state index contributed by atoms with van der Waals surface area (Å²) in [7, 11) is 0. The fraction of sp³-hybridized carbons (Fsp3) is 0.875. The van der Waals surface area contributed by atoms with E-state index in [4.69, 9.17) is 0 Å². The molecule has 0 aliphatic carbocycles. The molecule has 0 heterocycles. The van der Waals surface area contributed by atoms with Crippen molar-refractivity contribution in [2.45, 2.75) is 74.7 Å². The Morgan fingerprint density at radius 2 is 1.19 bits per heavy atom. The normalized spacial score (nSPS) is 14.0. The van der Waals surface area contributed by atoms with Gasteiger partial charge in [-0.3, -0.25) is 0 Å². The molecule has 0 heteroatoms. The largest absolute Gasteiger partial charge is 0.0998 e. The van der Waals surface area contributed by atoms with Gasteiger partial charge in [-0.05, 0) is 35.5 Å². The Kier molecular flexibility index (Phi) is 4.86. The van der Waals surface area contributed by atoms with Crippen LogP contribution in [0.3, 0.4) is 0 Å². The van der Waals surface area contributed by atoms with Crippen LogP contribution in [0, 0.1) is 16.2 Å². The molecule has 16 heavy (non-hydrogen) atoms. The van der Waals surface area contributed by atoms with E-state index in [-0.39, 0.29) is 0 Å². The lowest BCUT2D eigenvalue weighted by Crippen LogP contribution is -2.22. The molecule has 0 bridgehead atoms. The van der Waals surface area contributed by atoms with Crippen LogP contribution in [-0.2, 0) is 0 Å². The fourth-order valence-electron chi connectivity index (χ4n) is 2.99. The molecule has 96 valence electrons. The van der Waals surface area contributed by atoms with Crippen molar-refractivity contribution < 1.29 is 0 Å². The van der Waals surface area contributed by atoms with Gasteiger partial charge in [-0.25, -0.2) is 0 Å². The smallest absolute Gasteiger partial charge is 0.0271 e. The SMILES string of the molecule is C=C(CC(C)(C)C)CC(C)(C)CC(C)(C)C. The maximum Gasteiger partial charge on any atom is -0.0271 e. The standard InChI is InChI=1S/C16H32/c1-13(10-14(2,3)4)11-16(8,9)12-15(5,6)7/h1,10-12H2,2-9H3. The van der Waals surface area contributed by atoms with E-state index in [1.54, 1.807) is 0 Å². The molecule has 0 amide bonds. The van der Waals surface area contributed by atoms with Crippen LogP contribution in [0.15, 0.2) is 12.2 Å². The maximum absolute atomic E-state index is 4.26. The van der Waals surface area contributed by atoms with Crippen molar-refractivity contribution in [3.8, 4) is 0 Å². The molecule has 0 spiro atoms. The van der Waals surface area contributed by atoms with Gasteiger partial charge in [0.2, 0.25) is 0 Å². The Labute approximate surface area is 104 Å². The molecule has 0 rings (SSSR count). The maximum atomic E-state index is 4.26. The predicted molar refractivity (Wildman–Crippen MR) is 75.7 cm³/mol. The highest BCUT2D eigenvalue weighted by Gasteiger charge is 2.26. The molecule has 0 aliphatic heterocycles. The summed E-state index contributed by atoms with van der Waals surface area (Å²) in [5, 5.41) is 0. The molecular formula is C16H32. The van der Waals surface area contributed by atoms with Gasteiger partial charge in [-0.2, -0.15) is 0 Å². The van der Waals surface area contributed by atoms with Crippen molar-refractivity contribution in [3.05, 3.63) is 12.2 Å². The van der Waals surface area contributed by atoms with E-state index in [1.165, 1.54) is 12.0 Å². The van der Waals surface area contributed by atoms with E-state index in [9.17, 15) is 0 Å². The third kappa shape index (κ3) is 9.00. The molecule has 0 nitrogen and oxygen atoms in total. The Balaban J connectivity index is 4.32. The fourth-order valence-corrected chi connectivity index (χ4v) is 2.99. The molecule has 0 aromatic heterocycles. The van der Waals surface area contributed by atoms with Crippen molar-refractivity contribution in [2.24, 2.45) is 16.2 Å². The van der Waals surface area contributed by atoms with Gasteiger partial charge in [0, 0.05) is 0 Å². The zero-order chi connectivity index (χ0) is 13.2. The average Bonchev–Trinajstić information content (AvgIpc) is 1.70. The van der Waals surface area contributed by atoms with Gasteiger partial charge in [-0.15, -0.1) is 0 Å². The molecule has 0 aliphatic rings. The van der Waals surface area contributed by atoms with Crippen molar-refractivity contribution in [3.63, 3.8) is 0 Å². The number of allylic oxidation sites excluding steroid dienone is 1. The van der Waals surface area contributed by atoms with E-state index in [1.807, 2.05) is 0 Å². The topological polar surface area (TPSA) is 0 Å². The third-order valence-electron chi connectivity index (χ3n) is 2.52. The van der Waals surface area contributed by atoms with Gasteiger partial charge < -0.3 is 0 Å². The first-order chi connectivity index (χ1) is 6.81. The molecule has 0 radical (unpaired) electrons. The second-order valence-electron chi connectivity index (χ2n) is 8.57. The summed E-state index contributed by atoms with van der Waals surface area (Å²) in [5.41, 5.74) is 2.56. The van der Waals surface area contributed by atoms with E-state index in [2.05, 4.69) is 62.0 Å². The van der Waals surface area contributed by atoms with E-state index >= 15 is 0 Å². The Morgan fingerprint density at radius 1 is 0.750 bits per heavy atom. The molecule has 0 saturated carbocycles. The summed E-state index contributed by atoms with van der Waals surface area (Å²) in [4.78, 5) is 0. The zero-order valence-electron chi connectivity index (χ0n) is 12.8. The number of hydrogen-bond donors (Lipinski definition) is 0. The zero-order valence-corrected chi connectivity index (χ0v) is 12.8. The molecule has 0 atom stereocenters. The van der Waals surface area contributed by atoms with Crippen molar-refractivity contribution in [1.29, 1.82) is 0 Å². The minimum atomic E-state index is 0.370. The molecule has 0 aromatic rings. The monoisotopic (exact) mass is 224 g/mol. The quantitative estimate of drug-likeness (QED) is 0.527. The molecular weight excluding hydrogens is 192 g/mol. The molecule has 0 N–H and O–H groups in total. The van der Waals surface area contributed by atoms with Crippen molar-refractivity contribution in [1.82, 2.24) is 0 Å². The lowest BCUT2D eigenvalue weighted by atomic mass is 9.72. The van der Waals surface area contributed by atoms with E-state index in [0.29, 0.717) is 16.2 Å². The first-order valence-electron chi connectivity index (χ1n) is 6.47. The number of rotatable bonds is 4. The molecule has 0 aromatic carbocycles. The van der Waals surface area contributed by atoms with Gasteiger partial charge in [-0.1, -0.05) is 67.5 Å². The van der Waals surface area contributed by atoms with Gasteiger partial charge in [0.1, 0.15) is 0 Å². The third-order valence-corrected chi connectivity index (χ3v) is 2.52. The summed E-state index contributed by atoms with van der Waals surface area (Å²) in [6.45, 7) is 22.8. The van der Waals surface area contributed by atoms with Gasteiger partial charge >= 0.3 is 0 Å². The molecule has 0 fully saturated rings. The van der Waals surface area contributed by atoms with E-state index < -0.39 is 0 Å². The average molecular weight is 224 g/mol. The molecule has 0 saturated heterocycles. The summed E-state index contributed by atoms with van der Waals surface area (Å²) in [6.07, 6.45) is 3.55. The van der Waals surface area contributed by atoms with Gasteiger partial charge in [0.15, 0.2) is 0 Å². The lowest BCUT2D eigenvalue weighted by molar-refractivity contribution is 0.207. The van der Waals surface area contributed by atoms with Gasteiger partial charge in [0.05, 0.1) is 0 Å². The van der Waals surface area contributed by atoms with Crippen LogP contribution >= 0.6 is 0 Å². The Bertz CT molecular complexity index is 230. The Morgan fingerprint density at radius 3 is 1.50 bits per heavy atom. The summed E-state index contributed by atoms with van der Waals surface area (Å²) >= 11 is 0. The summed E-state index contributed by atoms with van der Waals surface area (Å²) in [6, 6.07) is 0. The first kappa shape index (κ1) is 15.7. The highest BCUT2D eigenvalue weighted by molar-refractivity contribution is 5.01. The minimum absolute atomic E-state index is 0.370. The highest BCUT2D eigenvalue weighted by Crippen LogP contribution is 2.39. The van der Waals surface area contributed by atoms with Crippen LogP contribution in [0.1, 0.15) is 74.7 Å². The van der Waals surface area contributed by atoms with Crippen LogP contribution in [0.5, 0.6) is 0 Å². The van der Waals surface area contributed by atoms with Crippen LogP contribution in [0.25, 0.3) is 0 Å². The van der Waals surface area contributed by atoms with Crippen molar-refractivity contribution >= 4 is 0 Å². The van der Waals surface area contributed by atoms with Gasteiger partial charge in [0.25, 0.3) is 0 Å². The summed E-state index contributed by atoms with van der Waals surface area (Å²) in [5.74, 6) is 0. The van der Waals surface area contributed by atoms with Crippen LogP contribution in [0.2, 0.25) is 0 Å².